The molecule has 0 aliphatic carbocycles. The number of H-pyrrole nitrogens is 1. The Morgan fingerprint density at radius 1 is 1.22 bits per heavy atom. The van der Waals surface area contributed by atoms with Gasteiger partial charge in [-0.05, 0) is 36.6 Å². The molecule has 5 atom stereocenters. The van der Waals surface area contributed by atoms with Gasteiger partial charge in [-0.1, -0.05) is 53.6 Å². The zero-order chi connectivity index (χ0) is 29.4. The number of hydrogen-bond acceptors (Lipinski definition) is 9. The fourth-order valence-corrected chi connectivity index (χ4v) is 5.77. The monoisotopic (exact) mass is 584 g/mol. The number of azide groups is 1. The minimum absolute atomic E-state index is 0.0829. The molecule has 2 heterocycles. The normalized spacial score (nSPS) is 20.4. The van der Waals surface area contributed by atoms with Crippen molar-refractivity contribution in [3.63, 3.8) is 0 Å². The first-order valence-electron chi connectivity index (χ1n) is 12.6. The number of esters is 1. The standard InChI is InChI=1S/C26H29N6O8P/c1-17-15-32(26(35)28-24(17)33)23-14-20(29-31-27)22(39-23)16-38-41(36,40-19-11-7-4-8-12-19)30-21(25(34)37-2)13-18-9-5-3-6-10-18/h3-12,15,20-23H,13-14,16H2,1-2H3,(H,30,36)(H,28,33,35)/t20-,21?,22+,23+,41?/m0/s1. The van der Waals surface area contributed by atoms with E-state index in [1.807, 2.05) is 6.07 Å². The van der Waals surface area contributed by atoms with Crippen LogP contribution in [0.5, 0.6) is 5.75 Å². The minimum atomic E-state index is -4.30. The first kappa shape index (κ1) is 29.8. The van der Waals surface area contributed by atoms with E-state index >= 15 is 0 Å². The Balaban J connectivity index is 1.58. The highest BCUT2D eigenvalue weighted by molar-refractivity contribution is 7.52. The van der Waals surface area contributed by atoms with E-state index in [1.54, 1.807) is 54.6 Å². The smallest absolute Gasteiger partial charge is 0.459 e. The van der Waals surface area contributed by atoms with Crippen molar-refractivity contribution in [3.8, 4) is 5.75 Å². The molecule has 216 valence electrons. The van der Waals surface area contributed by atoms with Gasteiger partial charge < -0.3 is 14.0 Å². The van der Waals surface area contributed by atoms with Gasteiger partial charge in [0.25, 0.3) is 5.56 Å². The molecule has 15 heteroatoms. The van der Waals surface area contributed by atoms with Gasteiger partial charge in [0.05, 0.1) is 25.9 Å². The largest absolute Gasteiger partial charge is 0.468 e. The molecule has 0 spiro atoms. The molecule has 0 saturated carbocycles. The van der Waals surface area contributed by atoms with E-state index in [0.717, 1.165) is 5.56 Å². The van der Waals surface area contributed by atoms with Crippen LogP contribution in [0.25, 0.3) is 10.4 Å². The second kappa shape index (κ2) is 13.4. The van der Waals surface area contributed by atoms with Gasteiger partial charge >= 0.3 is 19.4 Å². The van der Waals surface area contributed by atoms with Gasteiger partial charge in [0.1, 0.15) is 18.0 Å². The Bertz CT molecular complexity index is 1560. The van der Waals surface area contributed by atoms with E-state index in [-0.39, 0.29) is 24.2 Å². The number of aromatic nitrogens is 2. The van der Waals surface area contributed by atoms with Crippen LogP contribution < -0.4 is 20.9 Å². The number of nitrogens with one attached hydrogen (secondary N) is 2. The summed E-state index contributed by atoms with van der Waals surface area (Å²) in [5, 5.41) is 6.45. The van der Waals surface area contributed by atoms with Crippen molar-refractivity contribution < 1.29 is 27.9 Å². The highest BCUT2D eigenvalue weighted by Gasteiger charge is 2.40. The van der Waals surface area contributed by atoms with E-state index in [2.05, 4.69) is 20.1 Å². The molecular weight excluding hydrogens is 555 g/mol. The zero-order valence-electron chi connectivity index (χ0n) is 22.3. The number of aromatic amines is 1. The molecule has 41 heavy (non-hydrogen) atoms. The number of carbonyl (C=O) groups excluding carboxylic acids is 1. The summed E-state index contributed by atoms with van der Waals surface area (Å²) >= 11 is 0. The topological polar surface area (TPSA) is 187 Å². The van der Waals surface area contributed by atoms with Gasteiger partial charge in [-0.2, -0.15) is 5.09 Å². The highest BCUT2D eigenvalue weighted by Crippen LogP contribution is 2.46. The Labute approximate surface area is 234 Å². The number of nitrogens with zero attached hydrogens (tertiary/aromatic N) is 4. The maximum absolute atomic E-state index is 14.1. The first-order chi connectivity index (χ1) is 19.7. The van der Waals surface area contributed by atoms with E-state index < -0.39 is 56.0 Å². The van der Waals surface area contributed by atoms with E-state index in [1.165, 1.54) is 24.8 Å². The van der Waals surface area contributed by atoms with Crippen molar-refractivity contribution in [3.05, 3.63) is 109 Å². The molecule has 0 amide bonds. The third-order valence-electron chi connectivity index (χ3n) is 6.32. The summed E-state index contributed by atoms with van der Waals surface area (Å²) in [5.41, 5.74) is 8.93. The van der Waals surface area contributed by atoms with Crippen molar-refractivity contribution in [2.24, 2.45) is 5.11 Å². The van der Waals surface area contributed by atoms with E-state index in [0.29, 0.717) is 0 Å². The molecule has 3 aromatic rings. The Morgan fingerprint density at radius 3 is 2.56 bits per heavy atom. The average molecular weight is 585 g/mol. The van der Waals surface area contributed by atoms with Gasteiger partial charge in [-0.15, -0.1) is 0 Å². The zero-order valence-corrected chi connectivity index (χ0v) is 23.2. The van der Waals surface area contributed by atoms with Crippen molar-refractivity contribution in [1.82, 2.24) is 14.6 Å². The van der Waals surface area contributed by atoms with Crippen LogP contribution in [-0.4, -0.2) is 47.4 Å². The number of hydrogen-bond donors (Lipinski definition) is 2. The third-order valence-corrected chi connectivity index (χ3v) is 7.89. The van der Waals surface area contributed by atoms with E-state index in [9.17, 15) is 18.9 Å². The van der Waals surface area contributed by atoms with Crippen LogP contribution in [0.2, 0.25) is 0 Å². The molecule has 4 rings (SSSR count). The summed E-state index contributed by atoms with van der Waals surface area (Å²) in [6.45, 7) is 1.14. The van der Waals surface area contributed by atoms with Gasteiger partial charge in [-0.3, -0.25) is 23.7 Å². The predicted molar refractivity (Wildman–Crippen MR) is 147 cm³/mol. The van der Waals surface area contributed by atoms with Crippen LogP contribution in [0.4, 0.5) is 0 Å². The molecule has 1 aliphatic rings. The Hall–Kier alpha value is -4.19. The van der Waals surface area contributed by atoms with Crippen LogP contribution >= 0.6 is 7.75 Å². The Morgan fingerprint density at radius 2 is 1.90 bits per heavy atom. The molecule has 14 nitrogen and oxygen atoms in total. The maximum Gasteiger partial charge on any atom is 0.459 e. The lowest BCUT2D eigenvalue weighted by molar-refractivity contribution is -0.142. The number of ether oxygens (including phenoxy) is 2. The van der Waals surface area contributed by atoms with E-state index in [4.69, 9.17) is 24.1 Å². The van der Waals surface area contributed by atoms with Crippen LogP contribution in [0.15, 0.2) is 81.6 Å². The van der Waals surface area contributed by atoms with Crippen LogP contribution in [0.1, 0.15) is 23.8 Å². The van der Waals surface area contributed by atoms with Crippen molar-refractivity contribution >= 4 is 13.7 Å². The molecule has 2 N–H and O–H groups in total. The average Bonchev–Trinajstić information content (AvgIpc) is 3.37. The van der Waals surface area contributed by atoms with Crippen molar-refractivity contribution in [2.75, 3.05) is 13.7 Å². The summed E-state index contributed by atoms with van der Waals surface area (Å²) in [6, 6.07) is 15.4. The molecule has 2 aromatic carbocycles. The summed E-state index contributed by atoms with van der Waals surface area (Å²) in [6.07, 6.45) is -0.297. The quantitative estimate of drug-likeness (QED) is 0.106. The number of methoxy groups -OCH3 is 1. The molecule has 1 saturated heterocycles. The summed E-state index contributed by atoms with van der Waals surface area (Å²) in [5.74, 6) is -0.481. The second-order valence-electron chi connectivity index (χ2n) is 9.21. The SMILES string of the molecule is COC(=O)C(Cc1ccccc1)NP(=O)(OC[C@H]1O[C@@H](n2cc(C)c(=O)[nH]c2=O)C[C@@H]1N=[N+]=[N-])Oc1ccccc1. The number of para-hydroxylation sites is 1. The molecule has 1 aliphatic heterocycles. The van der Waals surface area contributed by atoms with Gasteiger partial charge in [0.15, 0.2) is 0 Å². The molecular formula is C26H29N6O8P. The lowest BCUT2D eigenvalue weighted by atomic mass is 10.1. The predicted octanol–water partition coefficient (Wildman–Crippen LogP) is 3.39. The number of carbonyl (C=O) groups is 1. The highest BCUT2D eigenvalue weighted by atomic mass is 31.2. The van der Waals surface area contributed by atoms with Crippen molar-refractivity contribution in [1.29, 1.82) is 0 Å². The fourth-order valence-electron chi connectivity index (χ4n) is 4.27. The number of aryl methyl sites for hydroxylation is 1. The minimum Gasteiger partial charge on any atom is -0.468 e. The number of rotatable bonds is 12. The fraction of sp³-hybridized carbons (Fsp3) is 0.346. The lowest BCUT2D eigenvalue weighted by Gasteiger charge is -2.26. The van der Waals surface area contributed by atoms with Crippen LogP contribution in [0, 0.1) is 6.92 Å². The molecule has 2 unspecified atom stereocenters. The molecule has 1 fully saturated rings. The number of benzene rings is 2. The lowest BCUT2D eigenvalue weighted by Crippen LogP contribution is -2.39. The summed E-state index contributed by atoms with van der Waals surface area (Å²) in [7, 11) is -3.08. The maximum atomic E-state index is 14.1. The Kier molecular flexibility index (Phi) is 9.77. The summed E-state index contributed by atoms with van der Waals surface area (Å²) < 4.78 is 37.7. The van der Waals surface area contributed by atoms with Crippen molar-refractivity contribution in [2.45, 2.75) is 44.2 Å². The molecule has 1 aromatic heterocycles. The molecule has 0 radical (unpaired) electrons. The second-order valence-corrected chi connectivity index (χ2v) is 10.9. The third kappa shape index (κ3) is 7.72. The molecule has 0 bridgehead atoms. The summed E-state index contributed by atoms with van der Waals surface area (Å²) in [4.78, 5) is 41.9. The van der Waals surface area contributed by atoms with Gasteiger partial charge in [0.2, 0.25) is 0 Å². The van der Waals surface area contributed by atoms with Gasteiger partial charge in [-0.25, -0.2) is 9.36 Å². The van der Waals surface area contributed by atoms with Crippen LogP contribution in [-0.2, 0) is 29.8 Å². The first-order valence-corrected chi connectivity index (χ1v) is 14.2. The van der Waals surface area contributed by atoms with Crippen LogP contribution in [0.3, 0.4) is 0 Å². The van der Waals surface area contributed by atoms with Gasteiger partial charge in [0, 0.05) is 23.1 Å².